The van der Waals surface area contributed by atoms with Crippen LogP contribution in [0.2, 0.25) is 0 Å². The van der Waals surface area contributed by atoms with Crippen LogP contribution in [-0.2, 0) is 20.0 Å². The molecule has 0 radical (unpaired) electrons. The second-order valence-electron chi connectivity index (χ2n) is 7.21. The number of fused-ring (bicyclic) bond motifs is 2. The first-order valence-corrected chi connectivity index (χ1v) is 10.7. The maximum atomic E-state index is 13.0. The number of carbonyl (C=O) groups is 2. The Balaban J connectivity index is 1.62. The monoisotopic (exact) mass is 384 g/mol. The Morgan fingerprint density at radius 3 is 2.52 bits per heavy atom. The highest BCUT2D eigenvalue weighted by molar-refractivity contribution is 7.90. The topological polar surface area (TPSA) is 83.6 Å². The molecule has 1 spiro atoms. The van der Waals surface area contributed by atoms with Crippen molar-refractivity contribution in [2.75, 3.05) is 24.7 Å². The first-order valence-electron chi connectivity index (χ1n) is 8.82. The van der Waals surface area contributed by atoms with Crippen molar-refractivity contribution >= 4 is 27.3 Å². The molecule has 2 aliphatic heterocycles. The zero-order valence-electron chi connectivity index (χ0n) is 14.9. The zero-order chi connectivity index (χ0) is 19.2. The van der Waals surface area contributed by atoms with Crippen LogP contribution in [0.3, 0.4) is 0 Å². The van der Waals surface area contributed by atoms with Crippen LogP contribution in [0.15, 0.2) is 53.4 Å². The molecule has 2 aliphatic rings. The molecule has 2 aromatic carbocycles. The lowest BCUT2D eigenvalue weighted by Crippen LogP contribution is -2.51. The van der Waals surface area contributed by atoms with Gasteiger partial charge in [0.1, 0.15) is 0 Å². The highest BCUT2D eigenvalue weighted by Crippen LogP contribution is 2.43. The number of hydrogen-bond donors (Lipinski definition) is 1. The largest absolute Gasteiger partial charge is 0.337 e. The molecule has 0 aromatic heterocycles. The van der Waals surface area contributed by atoms with E-state index in [1.807, 2.05) is 24.3 Å². The molecule has 1 N–H and O–H groups in total. The van der Waals surface area contributed by atoms with Gasteiger partial charge in [-0.15, -0.1) is 0 Å². The van der Waals surface area contributed by atoms with E-state index in [2.05, 4.69) is 5.32 Å². The molecule has 2 amide bonds. The van der Waals surface area contributed by atoms with Gasteiger partial charge in [-0.2, -0.15) is 0 Å². The van der Waals surface area contributed by atoms with Crippen LogP contribution in [0, 0.1) is 0 Å². The van der Waals surface area contributed by atoms with Crippen LogP contribution in [0.5, 0.6) is 0 Å². The average molecular weight is 384 g/mol. The minimum atomic E-state index is -3.31. The molecular formula is C20H20N2O4S. The number of amides is 2. The number of para-hydroxylation sites is 1. The molecule has 7 heteroatoms. The van der Waals surface area contributed by atoms with Crippen LogP contribution in [-0.4, -0.2) is 44.5 Å². The lowest BCUT2D eigenvalue weighted by Gasteiger charge is -2.39. The molecule has 0 aliphatic carbocycles. The fraction of sp³-hybridized carbons (Fsp3) is 0.300. The molecule has 0 saturated carbocycles. The third-order valence-corrected chi connectivity index (χ3v) is 6.56. The van der Waals surface area contributed by atoms with Gasteiger partial charge in [-0.25, -0.2) is 8.42 Å². The zero-order valence-corrected chi connectivity index (χ0v) is 15.8. The second-order valence-corrected chi connectivity index (χ2v) is 9.22. The van der Waals surface area contributed by atoms with Crippen LogP contribution in [0.25, 0.3) is 0 Å². The summed E-state index contributed by atoms with van der Waals surface area (Å²) in [6, 6.07) is 13.6. The van der Waals surface area contributed by atoms with E-state index in [1.165, 1.54) is 24.3 Å². The molecule has 4 rings (SSSR count). The van der Waals surface area contributed by atoms with Crippen molar-refractivity contribution in [3.8, 4) is 0 Å². The molecule has 2 aromatic rings. The number of sulfone groups is 1. The van der Waals surface area contributed by atoms with Gasteiger partial charge in [0.2, 0.25) is 5.91 Å². The SMILES string of the molecule is CS(=O)(=O)c1ccc(C(=O)N2CCC[C@]3(C2)C(=O)Nc2ccccc23)cc1. The van der Waals surface area contributed by atoms with E-state index in [1.54, 1.807) is 4.90 Å². The first-order chi connectivity index (χ1) is 12.8. The number of likely N-dealkylation sites (tertiary alicyclic amines) is 1. The molecule has 0 unspecified atom stereocenters. The summed E-state index contributed by atoms with van der Waals surface area (Å²) in [6.45, 7) is 0.895. The fourth-order valence-electron chi connectivity index (χ4n) is 4.04. The summed E-state index contributed by atoms with van der Waals surface area (Å²) in [5.74, 6) is -0.250. The first kappa shape index (κ1) is 17.7. The van der Waals surface area contributed by atoms with E-state index in [-0.39, 0.29) is 16.7 Å². The quantitative estimate of drug-likeness (QED) is 0.861. The summed E-state index contributed by atoms with van der Waals surface area (Å²) in [5, 5.41) is 2.94. The summed E-state index contributed by atoms with van der Waals surface area (Å²) >= 11 is 0. The minimum absolute atomic E-state index is 0.0615. The third-order valence-electron chi connectivity index (χ3n) is 5.43. The van der Waals surface area contributed by atoms with Crippen molar-refractivity contribution in [1.82, 2.24) is 4.90 Å². The van der Waals surface area contributed by atoms with Crippen molar-refractivity contribution in [1.29, 1.82) is 0 Å². The molecule has 1 fully saturated rings. The maximum Gasteiger partial charge on any atom is 0.253 e. The predicted octanol–water partition coefficient (Wildman–Crippen LogP) is 2.22. The summed E-state index contributed by atoms with van der Waals surface area (Å²) in [6.07, 6.45) is 2.57. The van der Waals surface area contributed by atoms with Crippen molar-refractivity contribution in [3.63, 3.8) is 0 Å². The predicted molar refractivity (Wildman–Crippen MR) is 101 cm³/mol. The fourth-order valence-corrected chi connectivity index (χ4v) is 4.67. The number of nitrogens with one attached hydrogen (secondary N) is 1. The highest BCUT2D eigenvalue weighted by Gasteiger charge is 2.49. The normalized spacial score (nSPS) is 21.8. The number of benzene rings is 2. The van der Waals surface area contributed by atoms with Crippen molar-refractivity contribution in [2.45, 2.75) is 23.2 Å². The molecule has 6 nitrogen and oxygen atoms in total. The Bertz CT molecular complexity index is 1030. The van der Waals surface area contributed by atoms with Gasteiger partial charge in [0.25, 0.3) is 5.91 Å². The summed E-state index contributed by atoms with van der Waals surface area (Å²) in [7, 11) is -3.31. The highest BCUT2D eigenvalue weighted by atomic mass is 32.2. The Hall–Kier alpha value is -2.67. The molecular weight excluding hydrogens is 364 g/mol. The Morgan fingerprint density at radius 2 is 1.81 bits per heavy atom. The van der Waals surface area contributed by atoms with Crippen molar-refractivity contribution in [3.05, 3.63) is 59.7 Å². The number of hydrogen-bond acceptors (Lipinski definition) is 4. The van der Waals surface area contributed by atoms with Gasteiger partial charge in [0.05, 0.1) is 10.3 Å². The molecule has 2 heterocycles. The van der Waals surface area contributed by atoms with Gasteiger partial charge in [0.15, 0.2) is 9.84 Å². The molecule has 1 atom stereocenters. The Morgan fingerprint density at radius 1 is 1.11 bits per heavy atom. The van der Waals surface area contributed by atoms with Crippen LogP contribution in [0.4, 0.5) is 5.69 Å². The second kappa shape index (κ2) is 6.20. The Labute approximate surface area is 158 Å². The van der Waals surface area contributed by atoms with E-state index in [0.717, 1.165) is 23.9 Å². The van der Waals surface area contributed by atoms with Crippen LogP contribution >= 0.6 is 0 Å². The van der Waals surface area contributed by atoms with Crippen LogP contribution < -0.4 is 5.32 Å². The number of carbonyl (C=O) groups excluding carboxylic acids is 2. The number of anilines is 1. The number of rotatable bonds is 2. The Kier molecular flexibility index (Phi) is 4.07. The lowest BCUT2D eigenvalue weighted by atomic mass is 9.75. The molecule has 27 heavy (non-hydrogen) atoms. The van der Waals surface area contributed by atoms with Crippen molar-refractivity contribution < 1.29 is 18.0 Å². The van der Waals surface area contributed by atoms with Gasteiger partial charge >= 0.3 is 0 Å². The van der Waals surface area contributed by atoms with Gasteiger partial charge in [-0.05, 0) is 48.7 Å². The number of nitrogens with zero attached hydrogens (tertiary/aromatic N) is 1. The van der Waals surface area contributed by atoms with E-state index in [0.29, 0.717) is 25.1 Å². The summed E-state index contributed by atoms with van der Waals surface area (Å²) in [4.78, 5) is 27.6. The van der Waals surface area contributed by atoms with E-state index in [4.69, 9.17) is 0 Å². The minimum Gasteiger partial charge on any atom is -0.337 e. The summed E-state index contributed by atoms with van der Waals surface area (Å²) in [5.41, 5.74) is 1.47. The average Bonchev–Trinajstić information content (AvgIpc) is 2.92. The van der Waals surface area contributed by atoms with E-state index < -0.39 is 15.3 Å². The van der Waals surface area contributed by atoms with Gasteiger partial charge in [-0.3, -0.25) is 9.59 Å². The maximum absolute atomic E-state index is 13.0. The van der Waals surface area contributed by atoms with Gasteiger partial charge in [0, 0.05) is 30.6 Å². The molecule has 1 saturated heterocycles. The molecule has 140 valence electrons. The number of piperidine rings is 1. The standard InChI is InChI=1S/C20H20N2O4S/c1-27(25,26)15-9-7-14(8-10-15)18(23)22-12-4-11-20(13-22)16-5-2-3-6-17(16)21-19(20)24/h2-3,5-10H,4,11-13H2,1H3,(H,21,24)/t20-/m1/s1. The lowest BCUT2D eigenvalue weighted by molar-refractivity contribution is -0.122. The third kappa shape index (κ3) is 2.92. The van der Waals surface area contributed by atoms with Gasteiger partial charge in [-0.1, -0.05) is 18.2 Å². The van der Waals surface area contributed by atoms with E-state index in [9.17, 15) is 18.0 Å². The van der Waals surface area contributed by atoms with Crippen molar-refractivity contribution in [2.24, 2.45) is 0 Å². The summed E-state index contributed by atoms with van der Waals surface area (Å²) < 4.78 is 23.2. The van der Waals surface area contributed by atoms with Gasteiger partial charge < -0.3 is 10.2 Å². The van der Waals surface area contributed by atoms with Crippen LogP contribution in [0.1, 0.15) is 28.8 Å². The molecule has 0 bridgehead atoms. The smallest absolute Gasteiger partial charge is 0.253 e. The van der Waals surface area contributed by atoms with E-state index >= 15 is 0 Å².